The lowest BCUT2D eigenvalue weighted by Crippen LogP contribution is -2.45. The Morgan fingerprint density at radius 3 is 2.45 bits per heavy atom. The number of aliphatic imine (C=N–C) groups is 1. The molecule has 0 aromatic carbocycles. The molecule has 0 atom stereocenters. The van der Waals surface area contributed by atoms with E-state index in [1.165, 1.54) is 6.42 Å². The zero-order valence-corrected chi connectivity index (χ0v) is 16.8. The fourth-order valence-electron chi connectivity index (χ4n) is 3.11. The van der Waals surface area contributed by atoms with Crippen molar-refractivity contribution in [3.05, 3.63) is 0 Å². The summed E-state index contributed by atoms with van der Waals surface area (Å²) in [4.78, 5) is 7.26. The van der Waals surface area contributed by atoms with Gasteiger partial charge in [-0.05, 0) is 18.8 Å². The molecule has 130 valence electrons. The smallest absolute Gasteiger partial charge is 0.194 e. The second kappa shape index (κ2) is 8.68. The van der Waals surface area contributed by atoms with Crippen molar-refractivity contribution < 1.29 is 9.47 Å². The monoisotopic (exact) mass is 425 g/mol. The lowest BCUT2D eigenvalue weighted by atomic mass is 9.93. The number of halogens is 1. The predicted octanol–water partition coefficient (Wildman–Crippen LogP) is 2.50. The van der Waals surface area contributed by atoms with Crippen molar-refractivity contribution in [1.29, 1.82) is 0 Å². The van der Waals surface area contributed by atoms with E-state index in [0.717, 1.165) is 51.6 Å². The van der Waals surface area contributed by atoms with E-state index >= 15 is 0 Å². The Kier molecular flexibility index (Phi) is 7.88. The first-order chi connectivity index (χ1) is 10.0. The van der Waals surface area contributed by atoms with Crippen molar-refractivity contribution in [2.45, 2.75) is 45.6 Å². The maximum Gasteiger partial charge on any atom is 0.194 e. The number of nitrogens with zero attached hydrogens (tertiary/aromatic N) is 2. The summed E-state index contributed by atoms with van der Waals surface area (Å²) in [6.45, 7) is 12.1. The van der Waals surface area contributed by atoms with Crippen LogP contribution in [0.2, 0.25) is 0 Å². The number of guanidine groups is 1. The first-order valence-corrected chi connectivity index (χ1v) is 8.16. The number of rotatable bonds is 4. The van der Waals surface area contributed by atoms with Gasteiger partial charge in [-0.3, -0.25) is 4.99 Å². The molecular formula is C16H32IN3O2. The Hall–Kier alpha value is -0.0800. The summed E-state index contributed by atoms with van der Waals surface area (Å²) in [5, 5.41) is 3.43. The SMILES string of the molecule is CCNC(=NCC1(OC)CCOCC1)N1CCC(C)(C)C1.I. The minimum atomic E-state index is -0.145. The van der Waals surface area contributed by atoms with Gasteiger partial charge in [-0.25, -0.2) is 0 Å². The van der Waals surface area contributed by atoms with E-state index in [4.69, 9.17) is 14.5 Å². The van der Waals surface area contributed by atoms with E-state index < -0.39 is 0 Å². The zero-order chi connectivity index (χ0) is 15.3. The molecular weight excluding hydrogens is 393 g/mol. The molecule has 0 aliphatic carbocycles. The molecule has 1 N–H and O–H groups in total. The quantitative estimate of drug-likeness (QED) is 0.427. The van der Waals surface area contributed by atoms with Crippen LogP contribution >= 0.6 is 24.0 Å². The van der Waals surface area contributed by atoms with Gasteiger partial charge >= 0.3 is 0 Å². The van der Waals surface area contributed by atoms with Crippen LogP contribution in [0.5, 0.6) is 0 Å². The van der Waals surface area contributed by atoms with Gasteiger partial charge in [0.25, 0.3) is 0 Å². The third-order valence-electron chi connectivity index (χ3n) is 4.67. The molecule has 22 heavy (non-hydrogen) atoms. The van der Waals surface area contributed by atoms with E-state index in [9.17, 15) is 0 Å². The van der Waals surface area contributed by atoms with Gasteiger partial charge in [0.15, 0.2) is 5.96 Å². The van der Waals surface area contributed by atoms with Crippen LogP contribution < -0.4 is 5.32 Å². The van der Waals surface area contributed by atoms with Crippen LogP contribution in [-0.2, 0) is 9.47 Å². The molecule has 6 heteroatoms. The third kappa shape index (κ3) is 5.23. The fourth-order valence-corrected chi connectivity index (χ4v) is 3.11. The normalized spacial score (nSPS) is 24.0. The summed E-state index contributed by atoms with van der Waals surface area (Å²) in [5.74, 6) is 1.03. The number of likely N-dealkylation sites (tertiary alicyclic amines) is 1. The number of methoxy groups -OCH3 is 1. The Morgan fingerprint density at radius 2 is 1.95 bits per heavy atom. The number of nitrogens with one attached hydrogen (secondary N) is 1. The summed E-state index contributed by atoms with van der Waals surface area (Å²) >= 11 is 0. The van der Waals surface area contributed by atoms with Crippen LogP contribution in [0, 0.1) is 5.41 Å². The Labute approximate surface area is 152 Å². The molecule has 0 aromatic heterocycles. The van der Waals surface area contributed by atoms with Gasteiger partial charge in [0.05, 0.1) is 12.1 Å². The molecule has 2 rings (SSSR count). The highest BCUT2D eigenvalue weighted by Crippen LogP contribution is 2.29. The zero-order valence-electron chi connectivity index (χ0n) is 14.5. The largest absolute Gasteiger partial charge is 0.381 e. The third-order valence-corrected chi connectivity index (χ3v) is 4.67. The molecule has 2 fully saturated rings. The lowest BCUT2D eigenvalue weighted by molar-refractivity contribution is -0.0829. The van der Waals surface area contributed by atoms with E-state index in [-0.39, 0.29) is 29.6 Å². The summed E-state index contributed by atoms with van der Waals surface area (Å²) in [7, 11) is 1.80. The average molecular weight is 425 g/mol. The fraction of sp³-hybridized carbons (Fsp3) is 0.938. The van der Waals surface area contributed by atoms with Crippen LogP contribution in [0.15, 0.2) is 4.99 Å². The molecule has 0 radical (unpaired) electrons. The minimum absolute atomic E-state index is 0. The standard InChI is InChI=1S/C16H31N3O2.HI/c1-5-17-14(19-9-6-15(2,3)13-19)18-12-16(20-4)7-10-21-11-8-16;/h5-13H2,1-4H3,(H,17,18);1H. The van der Waals surface area contributed by atoms with Gasteiger partial charge in [0.2, 0.25) is 0 Å². The van der Waals surface area contributed by atoms with Crippen LogP contribution in [0.1, 0.15) is 40.0 Å². The Bertz CT molecular complexity index is 368. The average Bonchev–Trinajstić information content (AvgIpc) is 2.84. The van der Waals surface area contributed by atoms with E-state index in [2.05, 4.69) is 31.0 Å². The molecule has 2 aliphatic rings. The molecule has 2 saturated heterocycles. The molecule has 0 spiro atoms. The summed E-state index contributed by atoms with van der Waals surface area (Å²) < 4.78 is 11.2. The molecule has 0 aromatic rings. The van der Waals surface area contributed by atoms with E-state index in [1.807, 2.05) is 0 Å². The van der Waals surface area contributed by atoms with Crippen LogP contribution in [0.4, 0.5) is 0 Å². The van der Waals surface area contributed by atoms with Crippen molar-refractivity contribution in [3.8, 4) is 0 Å². The molecule has 0 unspecified atom stereocenters. The van der Waals surface area contributed by atoms with Gasteiger partial charge in [-0.1, -0.05) is 13.8 Å². The maximum atomic E-state index is 5.78. The second-order valence-electron chi connectivity index (χ2n) is 7.01. The van der Waals surface area contributed by atoms with Crippen LogP contribution in [-0.4, -0.2) is 63.0 Å². The second-order valence-corrected chi connectivity index (χ2v) is 7.01. The van der Waals surface area contributed by atoms with E-state index in [0.29, 0.717) is 12.0 Å². The van der Waals surface area contributed by atoms with Gasteiger partial charge in [-0.2, -0.15) is 0 Å². The summed E-state index contributed by atoms with van der Waals surface area (Å²) in [6, 6.07) is 0. The molecule has 0 bridgehead atoms. The highest BCUT2D eigenvalue weighted by Gasteiger charge is 2.34. The van der Waals surface area contributed by atoms with Gasteiger partial charge in [0, 0.05) is 52.8 Å². The molecule has 0 saturated carbocycles. The lowest BCUT2D eigenvalue weighted by Gasteiger charge is -2.35. The number of hydrogen-bond acceptors (Lipinski definition) is 3. The minimum Gasteiger partial charge on any atom is -0.381 e. The highest BCUT2D eigenvalue weighted by atomic mass is 127. The molecule has 2 aliphatic heterocycles. The van der Waals surface area contributed by atoms with Crippen LogP contribution in [0.3, 0.4) is 0 Å². The first kappa shape index (κ1) is 20.0. The predicted molar refractivity (Wildman–Crippen MR) is 101 cm³/mol. The van der Waals surface area contributed by atoms with Crippen molar-refractivity contribution in [1.82, 2.24) is 10.2 Å². The van der Waals surface area contributed by atoms with Crippen molar-refractivity contribution in [2.24, 2.45) is 10.4 Å². The van der Waals surface area contributed by atoms with Crippen molar-refractivity contribution in [2.75, 3.05) is 46.5 Å². The van der Waals surface area contributed by atoms with Crippen molar-refractivity contribution >= 4 is 29.9 Å². The van der Waals surface area contributed by atoms with E-state index in [1.54, 1.807) is 7.11 Å². The van der Waals surface area contributed by atoms with Gasteiger partial charge in [-0.15, -0.1) is 24.0 Å². The first-order valence-electron chi connectivity index (χ1n) is 8.16. The number of ether oxygens (including phenoxy) is 2. The molecule has 2 heterocycles. The summed E-state index contributed by atoms with van der Waals surface area (Å²) in [6.07, 6.45) is 3.08. The highest BCUT2D eigenvalue weighted by molar-refractivity contribution is 14.0. The summed E-state index contributed by atoms with van der Waals surface area (Å²) in [5.41, 5.74) is 0.238. The van der Waals surface area contributed by atoms with Gasteiger partial charge < -0.3 is 19.7 Å². The number of hydrogen-bond donors (Lipinski definition) is 1. The van der Waals surface area contributed by atoms with Gasteiger partial charge in [0.1, 0.15) is 0 Å². The van der Waals surface area contributed by atoms with Crippen LogP contribution in [0.25, 0.3) is 0 Å². The Morgan fingerprint density at radius 1 is 1.27 bits per heavy atom. The molecule has 0 amide bonds. The Balaban J connectivity index is 0.00000242. The topological polar surface area (TPSA) is 46.1 Å². The van der Waals surface area contributed by atoms with Crippen molar-refractivity contribution in [3.63, 3.8) is 0 Å². The maximum absolute atomic E-state index is 5.78. The molecule has 5 nitrogen and oxygen atoms in total.